The molecule has 1 fully saturated rings. The van der Waals surface area contributed by atoms with Gasteiger partial charge in [-0.1, -0.05) is 26.0 Å². The summed E-state index contributed by atoms with van der Waals surface area (Å²) < 4.78 is 0. The average Bonchev–Trinajstić information content (AvgIpc) is 2.40. The molecule has 0 spiro atoms. The summed E-state index contributed by atoms with van der Waals surface area (Å²) in [5.74, 6) is 0.956. The number of piperidine rings is 1. The molecule has 0 unspecified atom stereocenters. The van der Waals surface area contributed by atoms with E-state index < -0.39 is 0 Å². The van der Waals surface area contributed by atoms with Crippen molar-refractivity contribution in [1.29, 1.82) is 0 Å². The van der Waals surface area contributed by atoms with Gasteiger partial charge in [-0.3, -0.25) is 0 Å². The summed E-state index contributed by atoms with van der Waals surface area (Å²) in [6.45, 7) is 8.76. The Kier molecular flexibility index (Phi) is 4.48. The van der Waals surface area contributed by atoms with Gasteiger partial charge in [0.25, 0.3) is 0 Å². The second-order valence-electron chi connectivity index (χ2n) is 6.06. The average molecular weight is 262 g/mol. The van der Waals surface area contributed by atoms with Crippen LogP contribution in [0.1, 0.15) is 32.3 Å². The monoisotopic (exact) mass is 262 g/mol. The highest BCUT2D eigenvalue weighted by molar-refractivity contribution is 5.33. The minimum absolute atomic E-state index is 0.165. The Bertz CT molecular complexity index is 421. The minimum atomic E-state index is 0.165. The molecule has 3 heteroatoms. The molecule has 3 nitrogen and oxygen atoms in total. The van der Waals surface area contributed by atoms with E-state index in [1.807, 2.05) is 12.1 Å². The maximum Gasteiger partial charge on any atom is 0.115 e. The number of likely N-dealkylation sites (tertiary alicyclic amines) is 1. The number of rotatable bonds is 4. The van der Waals surface area contributed by atoms with Crippen molar-refractivity contribution in [1.82, 2.24) is 4.90 Å². The topological polar surface area (TPSA) is 49.5 Å². The third-order valence-electron chi connectivity index (χ3n) is 4.75. The lowest BCUT2D eigenvalue weighted by Gasteiger charge is -2.45. The number of aromatic hydroxyl groups is 1. The fraction of sp³-hybridized carbons (Fsp3) is 0.625. The van der Waals surface area contributed by atoms with Crippen molar-refractivity contribution in [3.8, 4) is 5.75 Å². The summed E-state index contributed by atoms with van der Waals surface area (Å²) >= 11 is 0. The Hall–Kier alpha value is -1.06. The van der Waals surface area contributed by atoms with Crippen LogP contribution in [-0.2, 0) is 5.41 Å². The first-order valence-corrected chi connectivity index (χ1v) is 7.28. The molecule has 2 rings (SSSR count). The maximum atomic E-state index is 9.69. The molecule has 1 heterocycles. The van der Waals surface area contributed by atoms with Gasteiger partial charge in [0.2, 0.25) is 0 Å². The Balaban J connectivity index is 2.09. The second-order valence-corrected chi connectivity index (χ2v) is 6.06. The minimum Gasteiger partial charge on any atom is -0.508 e. The molecule has 19 heavy (non-hydrogen) atoms. The highest BCUT2D eigenvalue weighted by atomic mass is 16.3. The number of nitrogens with two attached hydrogens (primary N) is 1. The third-order valence-corrected chi connectivity index (χ3v) is 4.75. The number of hydrogen-bond donors (Lipinski definition) is 2. The van der Waals surface area contributed by atoms with Gasteiger partial charge in [-0.25, -0.2) is 0 Å². The number of hydrogen-bond acceptors (Lipinski definition) is 3. The SMILES string of the molecule is C[C@H]1CN(CCCN)CC[C@]1(C)c1cccc(O)c1. The molecule has 0 saturated carbocycles. The van der Waals surface area contributed by atoms with Gasteiger partial charge >= 0.3 is 0 Å². The zero-order valence-corrected chi connectivity index (χ0v) is 12.1. The maximum absolute atomic E-state index is 9.69. The van der Waals surface area contributed by atoms with Gasteiger partial charge in [0.1, 0.15) is 5.75 Å². The molecule has 0 aliphatic carbocycles. The molecule has 0 amide bonds. The largest absolute Gasteiger partial charge is 0.508 e. The van der Waals surface area contributed by atoms with Crippen molar-refractivity contribution in [2.24, 2.45) is 11.7 Å². The van der Waals surface area contributed by atoms with Crippen LogP contribution in [0.5, 0.6) is 5.75 Å². The molecule has 0 aromatic heterocycles. The number of phenolic OH excluding ortho intramolecular Hbond substituents is 1. The van der Waals surface area contributed by atoms with Crippen molar-refractivity contribution in [2.45, 2.75) is 32.1 Å². The quantitative estimate of drug-likeness (QED) is 0.875. The first kappa shape index (κ1) is 14.4. The van der Waals surface area contributed by atoms with Crippen LogP contribution in [0.15, 0.2) is 24.3 Å². The van der Waals surface area contributed by atoms with E-state index in [2.05, 4.69) is 24.8 Å². The lowest BCUT2D eigenvalue weighted by molar-refractivity contribution is 0.110. The van der Waals surface area contributed by atoms with E-state index in [1.54, 1.807) is 6.07 Å². The van der Waals surface area contributed by atoms with Gasteiger partial charge < -0.3 is 15.7 Å². The van der Waals surface area contributed by atoms with Gasteiger partial charge in [-0.2, -0.15) is 0 Å². The highest BCUT2D eigenvalue weighted by Gasteiger charge is 2.37. The van der Waals surface area contributed by atoms with Crippen LogP contribution in [0.3, 0.4) is 0 Å². The lowest BCUT2D eigenvalue weighted by Crippen LogP contribution is -2.47. The Morgan fingerprint density at radius 2 is 2.26 bits per heavy atom. The molecule has 1 aliphatic rings. The summed E-state index contributed by atoms with van der Waals surface area (Å²) in [6.07, 6.45) is 2.22. The summed E-state index contributed by atoms with van der Waals surface area (Å²) in [4.78, 5) is 2.52. The fourth-order valence-electron chi connectivity index (χ4n) is 3.12. The van der Waals surface area contributed by atoms with E-state index in [1.165, 1.54) is 5.56 Å². The van der Waals surface area contributed by atoms with Crippen LogP contribution in [-0.4, -0.2) is 36.2 Å². The van der Waals surface area contributed by atoms with Crippen LogP contribution in [0.2, 0.25) is 0 Å². The molecule has 1 aromatic rings. The van der Waals surface area contributed by atoms with Gasteiger partial charge in [0, 0.05) is 6.54 Å². The molecule has 0 radical (unpaired) electrons. The number of phenols is 1. The van der Waals surface area contributed by atoms with Crippen LogP contribution < -0.4 is 5.73 Å². The summed E-state index contributed by atoms with van der Waals surface area (Å²) in [5.41, 5.74) is 7.01. The Morgan fingerprint density at radius 1 is 1.47 bits per heavy atom. The molecule has 1 aliphatic heterocycles. The number of nitrogens with zero attached hydrogens (tertiary/aromatic N) is 1. The second kappa shape index (κ2) is 5.93. The Morgan fingerprint density at radius 3 is 2.89 bits per heavy atom. The van der Waals surface area contributed by atoms with E-state index >= 15 is 0 Å². The lowest BCUT2D eigenvalue weighted by atomic mass is 9.68. The van der Waals surface area contributed by atoms with Crippen LogP contribution in [0.4, 0.5) is 0 Å². The van der Waals surface area contributed by atoms with Gasteiger partial charge in [0.05, 0.1) is 0 Å². The molecular weight excluding hydrogens is 236 g/mol. The third kappa shape index (κ3) is 3.10. The first-order valence-electron chi connectivity index (χ1n) is 7.28. The molecule has 0 bridgehead atoms. The highest BCUT2D eigenvalue weighted by Crippen LogP contribution is 2.40. The van der Waals surface area contributed by atoms with Crippen molar-refractivity contribution in [2.75, 3.05) is 26.2 Å². The van der Waals surface area contributed by atoms with Crippen LogP contribution in [0, 0.1) is 5.92 Å². The smallest absolute Gasteiger partial charge is 0.115 e. The molecular formula is C16H26N2O. The van der Waals surface area contributed by atoms with Crippen LogP contribution >= 0.6 is 0 Å². The van der Waals surface area contributed by atoms with Crippen molar-refractivity contribution in [3.63, 3.8) is 0 Å². The van der Waals surface area contributed by atoms with Gasteiger partial charge in [-0.05, 0) is 61.5 Å². The van der Waals surface area contributed by atoms with Crippen molar-refractivity contribution < 1.29 is 5.11 Å². The van der Waals surface area contributed by atoms with Crippen LogP contribution in [0.25, 0.3) is 0 Å². The normalized spacial score (nSPS) is 28.5. The van der Waals surface area contributed by atoms with Gasteiger partial charge in [0.15, 0.2) is 0 Å². The van der Waals surface area contributed by atoms with E-state index in [-0.39, 0.29) is 5.41 Å². The Labute approximate surface area is 116 Å². The van der Waals surface area contributed by atoms with Gasteiger partial charge in [-0.15, -0.1) is 0 Å². The molecule has 1 aromatic carbocycles. The van der Waals surface area contributed by atoms with E-state index in [0.29, 0.717) is 11.7 Å². The first-order chi connectivity index (χ1) is 9.06. The fourth-order valence-corrected chi connectivity index (χ4v) is 3.12. The molecule has 106 valence electrons. The summed E-state index contributed by atoms with van der Waals surface area (Å²) in [7, 11) is 0. The summed E-state index contributed by atoms with van der Waals surface area (Å²) in [5, 5.41) is 9.69. The van der Waals surface area contributed by atoms with E-state index in [4.69, 9.17) is 5.73 Å². The standard InChI is InChI=1S/C16H26N2O/c1-13-12-18(9-4-8-17)10-7-16(13,2)14-5-3-6-15(19)11-14/h3,5-6,11,13,19H,4,7-10,12,17H2,1-2H3/t13-,16-/m0/s1. The zero-order valence-electron chi connectivity index (χ0n) is 12.1. The number of benzene rings is 1. The molecule has 2 atom stereocenters. The van der Waals surface area contributed by atoms with Crippen molar-refractivity contribution in [3.05, 3.63) is 29.8 Å². The predicted molar refractivity (Wildman–Crippen MR) is 79.4 cm³/mol. The van der Waals surface area contributed by atoms with E-state index in [9.17, 15) is 5.11 Å². The summed E-state index contributed by atoms with van der Waals surface area (Å²) in [6, 6.07) is 7.76. The molecule has 3 N–H and O–H groups in total. The molecule has 1 saturated heterocycles. The van der Waals surface area contributed by atoms with Crippen molar-refractivity contribution >= 4 is 0 Å². The predicted octanol–water partition coefficient (Wildman–Crippen LogP) is 2.34. The van der Waals surface area contributed by atoms with E-state index in [0.717, 1.165) is 39.0 Å². The zero-order chi connectivity index (χ0) is 13.9.